The summed E-state index contributed by atoms with van der Waals surface area (Å²) in [7, 11) is -4.57. The molecule has 12 heteroatoms. The maximum absolute atomic E-state index is 12.3. The van der Waals surface area contributed by atoms with E-state index in [1.54, 1.807) is 0 Å². The van der Waals surface area contributed by atoms with Crippen LogP contribution >= 0.6 is 0 Å². The van der Waals surface area contributed by atoms with Gasteiger partial charge in [-0.1, -0.05) is 0 Å². The normalized spacial score (nSPS) is 32.2. The van der Waals surface area contributed by atoms with E-state index in [2.05, 4.69) is 0 Å². The van der Waals surface area contributed by atoms with Crippen molar-refractivity contribution in [2.75, 3.05) is 19.8 Å². The summed E-state index contributed by atoms with van der Waals surface area (Å²) in [5.41, 5.74) is 4.17. The number of hydrogen-bond acceptors (Lipinski definition) is 8. The van der Waals surface area contributed by atoms with Gasteiger partial charge in [0.25, 0.3) is 0 Å². The monoisotopic (exact) mass is 377 g/mol. The van der Waals surface area contributed by atoms with Crippen LogP contribution in [0.2, 0.25) is 0 Å². The predicted molar refractivity (Wildman–Crippen MR) is 79.6 cm³/mol. The lowest BCUT2D eigenvalue weighted by molar-refractivity contribution is -0.147. The largest absolute Gasteiger partial charge is 0.465 e. The first-order valence-corrected chi connectivity index (χ1v) is 9.12. The van der Waals surface area contributed by atoms with Gasteiger partial charge in [0.2, 0.25) is 5.91 Å². The van der Waals surface area contributed by atoms with Crippen LogP contribution in [0, 0.1) is 5.41 Å². The lowest BCUT2D eigenvalue weighted by atomic mass is 9.91. The van der Waals surface area contributed by atoms with E-state index in [1.807, 2.05) is 0 Å². The summed E-state index contributed by atoms with van der Waals surface area (Å²) in [4.78, 5) is 36.4. The molecule has 2 bridgehead atoms. The maximum atomic E-state index is 12.3. The van der Waals surface area contributed by atoms with Gasteiger partial charge in [0.15, 0.2) is 0 Å². The molecule has 0 unspecified atom stereocenters. The number of ether oxygens (including phenoxy) is 1. The van der Waals surface area contributed by atoms with Crippen molar-refractivity contribution in [2.24, 2.45) is 11.1 Å². The second-order valence-corrected chi connectivity index (χ2v) is 7.80. The van der Waals surface area contributed by atoms with Crippen LogP contribution in [0.5, 0.6) is 0 Å². The lowest BCUT2D eigenvalue weighted by Gasteiger charge is -2.27. The number of fused-ring (bicyclic) bond motifs is 2. The first-order chi connectivity index (χ1) is 11.6. The highest BCUT2D eigenvalue weighted by Crippen LogP contribution is 2.32. The van der Waals surface area contributed by atoms with Crippen LogP contribution in [0.1, 0.15) is 26.2 Å². The van der Waals surface area contributed by atoms with Crippen LogP contribution in [-0.2, 0) is 33.2 Å². The smallest absolute Gasteiger partial charge is 0.421 e. The van der Waals surface area contributed by atoms with E-state index in [4.69, 9.17) is 18.9 Å². The van der Waals surface area contributed by atoms with Crippen LogP contribution in [-0.4, -0.2) is 68.1 Å². The molecule has 3 aliphatic heterocycles. The van der Waals surface area contributed by atoms with E-state index in [-0.39, 0.29) is 13.2 Å². The zero-order chi connectivity index (χ0) is 18.4. The van der Waals surface area contributed by atoms with Crippen molar-refractivity contribution in [3.8, 4) is 0 Å². The van der Waals surface area contributed by atoms with Crippen molar-refractivity contribution in [3.63, 3.8) is 0 Å². The first kappa shape index (κ1) is 17.9. The Kier molecular flexibility index (Phi) is 4.37. The third kappa shape index (κ3) is 3.28. The molecule has 2 N–H and O–H groups in total. The Balaban J connectivity index is 1.64. The number of carbonyl (C=O) groups excluding carboxylic acids is 3. The van der Waals surface area contributed by atoms with Gasteiger partial charge in [0.05, 0.1) is 24.7 Å². The third-order valence-corrected chi connectivity index (χ3v) is 5.47. The van der Waals surface area contributed by atoms with Gasteiger partial charge in [-0.2, -0.15) is 13.5 Å². The number of esters is 1. The summed E-state index contributed by atoms with van der Waals surface area (Å²) in [6.45, 7) is 1.41. The average Bonchev–Trinajstić information content (AvgIpc) is 2.99. The van der Waals surface area contributed by atoms with E-state index >= 15 is 0 Å². The van der Waals surface area contributed by atoms with Crippen molar-refractivity contribution in [2.45, 2.75) is 38.3 Å². The highest BCUT2D eigenvalue weighted by atomic mass is 32.3. The highest BCUT2D eigenvalue weighted by molar-refractivity contribution is 7.81. The summed E-state index contributed by atoms with van der Waals surface area (Å²) < 4.78 is 38.4. The molecule has 3 rings (SSSR count). The molecule has 3 aliphatic rings. The number of carbonyl (C=O) groups is 3. The van der Waals surface area contributed by atoms with Gasteiger partial charge in [0, 0.05) is 6.54 Å². The molecule has 0 saturated carbocycles. The third-order valence-electron chi connectivity index (χ3n) is 4.72. The van der Waals surface area contributed by atoms with Crippen molar-refractivity contribution in [1.82, 2.24) is 9.96 Å². The number of primary amides is 1. The van der Waals surface area contributed by atoms with Gasteiger partial charge >= 0.3 is 22.4 Å². The summed E-state index contributed by atoms with van der Waals surface area (Å²) in [5, 5.41) is 0.688. The van der Waals surface area contributed by atoms with Gasteiger partial charge in [0.1, 0.15) is 6.04 Å². The number of cyclic esters (lactones) is 1. The van der Waals surface area contributed by atoms with Crippen molar-refractivity contribution < 1.29 is 36.0 Å². The first-order valence-electron chi connectivity index (χ1n) is 7.78. The molecule has 0 spiro atoms. The number of rotatable bonds is 6. The fourth-order valence-corrected chi connectivity index (χ4v) is 3.95. The topological polar surface area (TPSA) is 146 Å². The van der Waals surface area contributed by atoms with Gasteiger partial charge in [-0.3, -0.25) is 9.59 Å². The summed E-state index contributed by atoms with van der Waals surface area (Å²) in [6.07, 6.45) is 1.02. The minimum absolute atomic E-state index is 0.145. The number of nitrogens with two attached hydrogens (primary N) is 1. The number of urea groups is 1. The van der Waals surface area contributed by atoms with E-state index in [1.165, 1.54) is 11.8 Å². The van der Waals surface area contributed by atoms with Crippen LogP contribution in [0.3, 0.4) is 0 Å². The Morgan fingerprint density at radius 2 is 2.12 bits per heavy atom. The molecule has 0 radical (unpaired) electrons. The van der Waals surface area contributed by atoms with E-state index in [0.29, 0.717) is 24.3 Å². The van der Waals surface area contributed by atoms with Gasteiger partial charge in [-0.25, -0.2) is 8.98 Å². The van der Waals surface area contributed by atoms with Crippen molar-refractivity contribution in [1.29, 1.82) is 0 Å². The Bertz CT molecular complexity index is 710. The number of amides is 3. The van der Waals surface area contributed by atoms with Crippen LogP contribution in [0.4, 0.5) is 4.79 Å². The summed E-state index contributed by atoms with van der Waals surface area (Å²) >= 11 is 0. The van der Waals surface area contributed by atoms with Crippen LogP contribution < -0.4 is 5.73 Å². The molecule has 3 heterocycles. The molecule has 11 nitrogen and oxygen atoms in total. The standard InChI is InChI=1S/C13H19N3O8S/c1-13(4-5-22-11(13)18)7-23-25(20,21)24-16-8-2-3-9(10(14)17)15(6-8)12(16)19/h8-9H,2-7H2,1H3,(H2,14,17)/t8-,9+,13+/m1/s1. The van der Waals surface area contributed by atoms with Crippen LogP contribution in [0.15, 0.2) is 0 Å². The minimum atomic E-state index is -4.57. The Hall–Kier alpha value is -1.92. The molecule has 3 saturated heterocycles. The maximum Gasteiger partial charge on any atom is 0.421 e. The molecule has 3 amide bonds. The Morgan fingerprint density at radius 1 is 1.40 bits per heavy atom. The van der Waals surface area contributed by atoms with E-state index in [9.17, 15) is 22.8 Å². The minimum Gasteiger partial charge on any atom is -0.465 e. The quantitative estimate of drug-likeness (QED) is 0.573. The molecule has 0 aromatic heterocycles. The lowest BCUT2D eigenvalue weighted by Crippen LogP contribution is -2.47. The fraction of sp³-hybridized carbons (Fsp3) is 0.769. The van der Waals surface area contributed by atoms with Gasteiger partial charge in [-0.05, 0) is 26.2 Å². The van der Waals surface area contributed by atoms with E-state index in [0.717, 1.165) is 0 Å². The average molecular weight is 377 g/mol. The fourth-order valence-electron chi connectivity index (χ4n) is 3.12. The molecular formula is C13H19N3O8S. The summed E-state index contributed by atoms with van der Waals surface area (Å²) in [5.74, 6) is -1.20. The highest BCUT2D eigenvalue weighted by Gasteiger charge is 2.49. The van der Waals surface area contributed by atoms with Crippen molar-refractivity contribution >= 4 is 28.3 Å². The molecule has 0 aromatic rings. The molecule has 0 aliphatic carbocycles. The Morgan fingerprint density at radius 3 is 2.72 bits per heavy atom. The van der Waals surface area contributed by atoms with Crippen LogP contribution in [0.25, 0.3) is 0 Å². The molecule has 0 aromatic carbocycles. The number of hydroxylamine groups is 2. The molecule has 3 fully saturated rings. The molecule has 25 heavy (non-hydrogen) atoms. The van der Waals surface area contributed by atoms with Gasteiger partial charge in [-0.15, -0.1) is 4.28 Å². The molecular weight excluding hydrogens is 358 g/mol. The van der Waals surface area contributed by atoms with E-state index < -0.39 is 52.4 Å². The SMILES string of the molecule is C[C@@]1(COS(=O)(=O)ON2C(=O)N3C[C@H]2CC[C@H]3C(N)=O)CCOC1=O. The number of nitrogens with zero attached hydrogens (tertiary/aromatic N) is 2. The van der Waals surface area contributed by atoms with Gasteiger partial charge < -0.3 is 15.4 Å². The molecule has 3 atom stereocenters. The number of piperidine rings is 1. The van der Waals surface area contributed by atoms with Crippen molar-refractivity contribution in [3.05, 3.63) is 0 Å². The zero-order valence-corrected chi connectivity index (χ0v) is 14.4. The summed E-state index contributed by atoms with van der Waals surface area (Å²) in [6, 6.07) is -2.06. The second kappa shape index (κ2) is 6.11. The predicted octanol–water partition coefficient (Wildman–Crippen LogP) is -1.11. The Labute approximate surface area is 144 Å². The number of hydrogen-bond donors (Lipinski definition) is 1. The molecule has 140 valence electrons. The second-order valence-electron chi connectivity index (χ2n) is 6.60. The zero-order valence-electron chi connectivity index (χ0n) is 13.5.